The van der Waals surface area contributed by atoms with Crippen LogP contribution in [0.25, 0.3) is 0 Å². The second kappa shape index (κ2) is 8.32. The highest BCUT2D eigenvalue weighted by atomic mass is 16.4. The maximum atomic E-state index is 11.7. The lowest BCUT2D eigenvalue weighted by Crippen LogP contribution is -2.24. The first-order chi connectivity index (χ1) is 9.47. The van der Waals surface area contributed by atoms with Crippen LogP contribution in [0.2, 0.25) is 0 Å². The van der Waals surface area contributed by atoms with Gasteiger partial charge in [0.1, 0.15) is 0 Å². The van der Waals surface area contributed by atoms with E-state index in [4.69, 9.17) is 5.11 Å². The number of amides is 1. The largest absolute Gasteiger partial charge is 0.481 e. The number of rotatable bonds is 8. The third-order valence-corrected chi connectivity index (χ3v) is 2.70. The van der Waals surface area contributed by atoms with Gasteiger partial charge in [-0.25, -0.2) is 0 Å². The molecule has 0 fully saturated rings. The summed E-state index contributed by atoms with van der Waals surface area (Å²) in [5.74, 6) is -0.934. The van der Waals surface area contributed by atoms with Crippen LogP contribution in [0.5, 0.6) is 0 Å². The molecule has 1 aromatic rings. The fourth-order valence-corrected chi connectivity index (χ4v) is 1.80. The molecule has 5 nitrogen and oxygen atoms in total. The van der Waals surface area contributed by atoms with Gasteiger partial charge >= 0.3 is 5.97 Å². The van der Waals surface area contributed by atoms with Crippen molar-refractivity contribution in [1.82, 2.24) is 5.32 Å². The van der Waals surface area contributed by atoms with Crippen molar-refractivity contribution in [1.29, 1.82) is 0 Å². The van der Waals surface area contributed by atoms with Crippen molar-refractivity contribution in [3.63, 3.8) is 0 Å². The van der Waals surface area contributed by atoms with Gasteiger partial charge in [-0.2, -0.15) is 0 Å². The summed E-state index contributed by atoms with van der Waals surface area (Å²) in [5.41, 5.74) is 1.32. The van der Waals surface area contributed by atoms with Crippen LogP contribution in [0.15, 0.2) is 24.3 Å². The van der Waals surface area contributed by atoms with Gasteiger partial charge in [0.05, 0.1) is 6.42 Å². The average molecular weight is 278 g/mol. The van der Waals surface area contributed by atoms with E-state index in [0.29, 0.717) is 23.7 Å². The molecular weight excluding hydrogens is 256 g/mol. The van der Waals surface area contributed by atoms with E-state index in [9.17, 15) is 9.59 Å². The molecule has 3 N–H and O–H groups in total. The molecule has 0 aromatic heterocycles. The number of carbonyl (C=O) groups excluding carboxylic acids is 1. The first-order valence-electron chi connectivity index (χ1n) is 6.81. The summed E-state index contributed by atoms with van der Waals surface area (Å²) < 4.78 is 0. The summed E-state index contributed by atoms with van der Waals surface area (Å²) in [6, 6.07) is 7.35. The molecule has 1 rings (SSSR count). The Labute approximate surface area is 119 Å². The zero-order chi connectivity index (χ0) is 15.0. The van der Waals surface area contributed by atoms with Gasteiger partial charge in [-0.05, 0) is 30.7 Å². The van der Waals surface area contributed by atoms with Crippen LogP contribution in [0, 0.1) is 0 Å². The van der Waals surface area contributed by atoms with Crippen molar-refractivity contribution in [2.45, 2.75) is 39.2 Å². The topological polar surface area (TPSA) is 78.4 Å². The Balaban J connectivity index is 2.39. The lowest BCUT2D eigenvalue weighted by atomic mass is 10.1. The first kappa shape index (κ1) is 16.2. The van der Waals surface area contributed by atoms with Gasteiger partial charge in [-0.3, -0.25) is 9.59 Å². The minimum atomic E-state index is -0.881. The smallest absolute Gasteiger partial charge is 0.307 e. The number of anilines is 1. The second-order valence-corrected chi connectivity index (χ2v) is 5.03. The Morgan fingerprint density at radius 2 is 2.05 bits per heavy atom. The summed E-state index contributed by atoms with van der Waals surface area (Å²) in [6.07, 6.45) is 1.18. The maximum absolute atomic E-state index is 11.7. The summed E-state index contributed by atoms with van der Waals surface area (Å²) in [5, 5.41) is 14.8. The van der Waals surface area contributed by atoms with Gasteiger partial charge in [-0.1, -0.05) is 26.0 Å². The third-order valence-electron chi connectivity index (χ3n) is 2.70. The van der Waals surface area contributed by atoms with Crippen molar-refractivity contribution < 1.29 is 14.7 Å². The fourth-order valence-electron chi connectivity index (χ4n) is 1.80. The molecule has 0 bridgehead atoms. The Hall–Kier alpha value is -1.88. The molecule has 1 aromatic carbocycles. The summed E-state index contributed by atoms with van der Waals surface area (Å²) in [7, 11) is 0. The fraction of sp³-hybridized carbons (Fsp3) is 0.467. The Bertz CT molecular complexity index is 458. The SMILES string of the molecule is CC(C)NCCCC(=O)Nc1cccc(CC(=O)O)c1. The number of hydrogen-bond donors (Lipinski definition) is 3. The maximum Gasteiger partial charge on any atom is 0.307 e. The van der Waals surface area contributed by atoms with E-state index in [1.54, 1.807) is 24.3 Å². The second-order valence-electron chi connectivity index (χ2n) is 5.03. The van der Waals surface area contributed by atoms with E-state index >= 15 is 0 Å². The van der Waals surface area contributed by atoms with Crippen molar-refractivity contribution in [2.24, 2.45) is 0 Å². The quantitative estimate of drug-likeness (QED) is 0.636. The Morgan fingerprint density at radius 1 is 1.30 bits per heavy atom. The van der Waals surface area contributed by atoms with Gasteiger partial charge in [-0.15, -0.1) is 0 Å². The summed E-state index contributed by atoms with van der Waals surface area (Å²) >= 11 is 0. The molecule has 20 heavy (non-hydrogen) atoms. The molecular formula is C15H22N2O3. The predicted octanol–water partition coefficient (Wildman–Crippen LogP) is 2.03. The number of nitrogens with one attached hydrogen (secondary N) is 2. The summed E-state index contributed by atoms with van der Waals surface area (Å²) in [4.78, 5) is 22.4. The average Bonchev–Trinajstić information content (AvgIpc) is 2.34. The summed E-state index contributed by atoms with van der Waals surface area (Å²) in [6.45, 7) is 4.94. The van der Waals surface area contributed by atoms with Crippen LogP contribution in [-0.4, -0.2) is 29.6 Å². The lowest BCUT2D eigenvalue weighted by Gasteiger charge is -2.09. The number of aliphatic carboxylic acids is 1. The molecule has 0 spiro atoms. The van der Waals surface area contributed by atoms with E-state index in [-0.39, 0.29) is 12.3 Å². The highest BCUT2D eigenvalue weighted by Gasteiger charge is 2.05. The van der Waals surface area contributed by atoms with Gasteiger partial charge in [0.15, 0.2) is 0 Å². The molecule has 1 amide bonds. The minimum absolute atomic E-state index is 0.0397. The number of carboxylic acid groups (broad SMARTS) is 1. The molecule has 110 valence electrons. The predicted molar refractivity (Wildman–Crippen MR) is 78.8 cm³/mol. The van der Waals surface area contributed by atoms with Gasteiger partial charge < -0.3 is 15.7 Å². The molecule has 0 saturated heterocycles. The van der Waals surface area contributed by atoms with Crippen molar-refractivity contribution >= 4 is 17.6 Å². The van der Waals surface area contributed by atoms with Gasteiger partial charge in [0.25, 0.3) is 0 Å². The molecule has 0 radical (unpaired) electrons. The van der Waals surface area contributed by atoms with Crippen LogP contribution in [0.4, 0.5) is 5.69 Å². The zero-order valence-corrected chi connectivity index (χ0v) is 12.0. The van der Waals surface area contributed by atoms with Crippen LogP contribution in [0.1, 0.15) is 32.3 Å². The van der Waals surface area contributed by atoms with Crippen LogP contribution in [-0.2, 0) is 16.0 Å². The number of carbonyl (C=O) groups is 2. The standard InChI is InChI=1S/C15H22N2O3/c1-11(2)16-8-4-7-14(18)17-13-6-3-5-12(9-13)10-15(19)20/h3,5-6,9,11,16H,4,7-8,10H2,1-2H3,(H,17,18)(H,19,20). The molecule has 0 saturated carbocycles. The van der Waals surface area contributed by atoms with E-state index < -0.39 is 5.97 Å². The Kier molecular flexibility index (Phi) is 6.73. The van der Waals surface area contributed by atoms with E-state index in [1.807, 2.05) is 0 Å². The van der Waals surface area contributed by atoms with E-state index in [2.05, 4.69) is 24.5 Å². The van der Waals surface area contributed by atoms with Crippen molar-refractivity contribution in [3.8, 4) is 0 Å². The van der Waals surface area contributed by atoms with Crippen LogP contribution >= 0.6 is 0 Å². The third kappa shape index (κ3) is 6.89. The Morgan fingerprint density at radius 3 is 2.70 bits per heavy atom. The first-order valence-corrected chi connectivity index (χ1v) is 6.81. The van der Waals surface area contributed by atoms with Crippen molar-refractivity contribution in [2.75, 3.05) is 11.9 Å². The van der Waals surface area contributed by atoms with Crippen LogP contribution < -0.4 is 10.6 Å². The molecule has 0 aliphatic carbocycles. The van der Waals surface area contributed by atoms with E-state index in [1.165, 1.54) is 0 Å². The highest BCUT2D eigenvalue weighted by Crippen LogP contribution is 2.11. The molecule has 0 unspecified atom stereocenters. The monoisotopic (exact) mass is 278 g/mol. The molecule has 0 heterocycles. The number of hydrogen-bond acceptors (Lipinski definition) is 3. The highest BCUT2D eigenvalue weighted by molar-refractivity contribution is 5.90. The normalized spacial score (nSPS) is 10.6. The van der Waals surface area contributed by atoms with Gasteiger partial charge in [0, 0.05) is 18.2 Å². The molecule has 0 atom stereocenters. The number of benzene rings is 1. The van der Waals surface area contributed by atoms with Crippen LogP contribution in [0.3, 0.4) is 0 Å². The minimum Gasteiger partial charge on any atom is -0.481 e. The number of carboxylic acids is 1. The molecule has 0 aliphatic rings. The van der Waals surface area contributed by atoms with E-state index in [0.717, 1.165) is 13.0 Å². The zero-order valence-electron chi connectivity index (χ0n) is 12.0. The lowest BCUT2D eigenvalue weighted by molar-refractivity contribution is -0.136. The van der Waals surface area contributed by atoms with Crippen molar-refractivity contribution in [3.05, 3.63) is 29.8 Å². The molecule has 0 aliphatic heterocycles. The van der Waals surface area contributed by atoms with Gasteiger partial charge in [0.2, 0.25) is 5.91 Å². The molecule has 5 heteroatoms.